The Bertz CT molecular complexity index is 351. The van der Waals surface area contributed by atoms with E-state index >= 15 is 0 Å². The van der Waals surface area contributed by atoms with Gasteiger partial charge in [0.05, 0.1) is 5.69 Å². The maximum Gasteiger partial charge on any atom is 0.0514 e. The van der Waals surface area contributed by atoms with Crippen LogP contribution in [0.5, 0.6) is 0 Å². The van der Waals surface area contributed by atoms with Crippen molar-refractivity contribution in [2.45, 2.75) is 32.2 Å². The van der Waals surface area contributed by atoms with Gasteiger partial charge in [0.25, 0.3) is 0 Å². The van der Waals surface area contributed by atoms with Crippen LogP contribution in [0.25, 0.3) is 0 Å². The van der Waals surface area contributed by atoms with Crippen molar-refractivity contribution >= 4 is 27.3 Å². The molecule has 1 aliphatic heterocycles. The highest BCUT2D eigenvalue weighted by Gasteiger charge is 2.20. The maximum atomic E-state index is 5.74. The minimum Gasteiger partial charge on any atom is -0.399 e. The number of halogens is 1. The highest BCUT2D eigenvalue weighted by molar-refractivity contribution is 9.10. The van der Waals surface area contributed by atoms with Crippen molar-refractivity contribution in [3.8, 4) is 0 Å². The zero-order chi connectivity index (χ0) is 10.8. The average Bonchev–Trinajstić information content (AvgIpc) is 2.20. The summed E-state index contributed by atoms with van der Waals surface area (Å²) in [6.07, 6.45) is 3.93. The molecule has 1 atom stereocenters. The van der Waals surface area contributed by atoms with E-state index in [1.807, 2.05) is 12.1 Å². The molecule has 0 bridgehead atoms. The fourth-order valence-corrected chi connectivity index (χ4v) is 2.84. The number of piperidine rings is 1. The molecule has 1 aromatic carbocycles. The largest absolute Gasteiger partial charge is 0.399 e. The van der Waals surface area contributed by atoms with Crippen LogP contribution in [0, 0.1) is 0 Å². The topological polar surface area (TPSA) is 29.3 Å². The normalized spacial score (nSPS) is 21.7. The van der Waals surface area contributed by atoms with Gasteiger partial charge in [0.15, 0.2) is 0 Å². The second kappa shape index (κ2) is 4.44. The minimum atomic E-state index is 0.638. The first kappa shape index (κ1) is 10.8. The highest BCUT2D eigenvalue weighted by atomic mass is 79.9. The third-order valence-corrected chi connectivity index (χ3v) is 3.72. The fraction of sp³-hybridized carbons (Fsp3) is 0.500. The van der Waals surface area contributed by atoms with E-state index in [-0.39, 0.29) is 0 Å². The van der Waals surface area contributed by atoms with Crippen LogP contribution in [0.4, 0.5) is 11.4 Å². The molecule has 2 N–H and O–H groups in total. The number of nitrogen functional groups attached to an aromatic ring is 1. The SMILES string of the molecule is C[C@@H]1CCCCN1c1ccc(N)cc1Br. The van der Waals surface area contributed by atoms with E-state index in [4.69, 9.17) is 5.73 Å². The Morgan fingerprint density at radius 2 is 2.20 bits per heavy atom. The first-order chi connectivity index (χ1) is 7.18. The van der Waals surface area contributed by atoms with Crippen LogP contribution >= 0.6 is 15.9 Å². The van der Waals surface area contributed by atoms with Gasteiger partial charge in [-0.15, -0.1) is 0 Å². The quantitative estimate of drug-likeness (QED) is 0.791. The Kier molecular flexibility index (Phi) is 3.19. The number of anilines is 2. The molecule has 1 aromatic rings. The summed E-state index contributed by atoms with van der Waals surface area (Å²) in [6.45, 7) is 3.45. The molecule has 0 amide bonds. The van der Waals surface area contributed by atoms with Crippen LogP contribution in [0.1, 0.15) is 26.2 Å². The molecule has 2 rings (SSSR count). The van der Waals surface area contributed by atoms with Crippen LogP contribution < -0.4 is 10.6 Å². The molecule has 1 heterocycles. The Labute approximate surface area is 99.6 Å². The van der Waals surface area contributed by atoms with Gasteiger partial charge >= 0.3 is 0 Å². The lowest BCUT2D eigenvalue weighted by atomic mass is 10.0. The van der Waals surface area contributed by atoms with Gasteiger partial charge in [-0.2, -0.15) is 0 Å². The summed E-state index contributed by atoms with van der Waals surface area (Å²) in [5.41, 5.74) is 7.83. The van der Waals surface area contributed by atoms with Crippen molar-refractivity contribution in [2.75, 3.05) is 17.2 Å². The van der Waals surface area contributed by atoms with Gasteiger partial charge < -0.3 is 10.6 Å². The Morgan fingerprint density at radius 3 is 2.87 bits per heavy atom. The van der Waals surface area contributed by atoms with Crippen molar-refractivity contribution in [1.29, 1.82) is 0 Å². The van der Waals surface area contributed by atoms with Crippen LogP contribution in [0.2, 0.25) is 0 Å². The number of nitrogens with zero attached hydrogens (tertiary/aromatic N) is 1. The summed E-state index contributed by atoms with van der Waals surface area (Å²) in [5, 5.41) is 0. The lowest BCUT2D eigenvalue weighted by Gasteiger charge is -2.36. The van der Waals surface area contributed by atoms with E-state index in [1.54, 1.807) is 0 Å². The molecule has 15 heavy (non-hydrogen) atoms. The number of nitrogens with two attached hydrogens (primary N) is 1. The summed E-state index contributed by atoms with van der Waals surface area (Å²) >= 11 is 3.59. The van der Waals surface area contributed by atoms with Crippen molar-refractivity contribution in [2.24, 2.45) is 0 Å². The lowest BCUT2D eigenvalue weighted by Crippen LogP contribution is -2.37. The molecule has 2 nitrogen and oxygen atoms in total. The average molecular weight is 269 g/mol. The summed E-state index contributed by atoms with van der Waals surface area (Å²) in [6, 6.07) is 6.71. The van der Waals surface area contributed by atoms with E-state index in [0.29, 0.717) is 6.04 Å². The molecule has 0 aliphatic carbocycles. The van der Waals surface area contributed by atoms with Crippen LogP contribution in [0.3, 0.4) is 0 Å². The maximum absolute atomic E-state index is 5.74. The smallest absolute Gasteiger partial charge is 0.0514 e. The van der Waals surface area contributed by atoms with Crippen molar-refractivity contribution in [3.05, 3.63) is 22.7 Å². The first-order valence-electron chi connectivity index (χ1n) is 5.50. The monoisotopic (exact) mass is 268 g/mol. The Morgan fingerprint density at radius 1 is 1.40 bits per heavy atom. The highest BCUT2D eigenvalue weighted by Crippen LogP contribution is 2.32. The first-order valence-corrected chi connectivity index (χ1v) is 6.29. The molecule has 1 fully saturated rings. The number of rotatable bonds is 1. The van der Waals surface area contributed by atoms with Gasteiger partial charge in [0.2, 0.25) is 0 Å². The van der Waals surface area contributed by atoms with E-state index in [1.165, 1.54) is 24.9 Å². The van der Waals surface area contributed by atoms with Crippen molar-refractivity contribution < 1.29 is 0 Å². The number of benzene rings is 1. The molecule has 1 saturated heterocycles. The molecular weight excluding hydrogens is 252 g/mol. The molecular formula is C12H17BrN2. The zero-order valence-corrected chi connectivity index (χ0v) is 10.6. The Balaban J connectivity index is 2.27. The zero-order valence-electron chi connectivity index (χ0n) is 9.04. The second-order valence-electron chi connectivity index (χ2n) is 4.25. The predicted molar refractivity (Wildman–Crippen MR) is 69.2 cm³/mol. The summed E-state index contributed by atoms with van der Waals surface area (Å²) in [7, 11) is 0. The fourth-order valence-electron chi connectivity index (χ4n) is 2.21. The lowest BCUT2D eigenvalue weighted by molar-refractivity contribution is 0.484. The molecule has 0 radical (unpaired) electrons. The Hall–Kier alpha value is -0.700. The van der Waals surface area contributed by atoms with Crippen LogP contribution in [-0.4, -0.2) is 12.6 Å². The van der Waals surface area contributed by atoms with Crippen molar-refractivity contribution in [1.82, 2.24) is 0 Å². The van der Waals surface area contributed by atoms with E-state index in [2.05, 4.69) is 33.8 Å². The van der Waals surface area contributed by atoms with Crippen LogP contribution in [0.15, 0.2) is 22.7 Å². The minimum absolute atomic E-state index is 0.638. The van der Waals surface area contributed by atoms with Gasteiger partial charge in [0.1, 0.15) is 0 Å². The van der Waals surface area contributed by atoms with Gasteiger partial charge in [-0.3, -0.25) is 0 Å². The summed E-state index contributed by atoms with van der Waals surface area (Å²) in [5.74, 6) is 0. The number of hydrogen-bond donors (Lipinski definition) is 1. The van der Waals surface area contributed by atoms with Gasteiger partial charge in [-0.05, 0) is 60.3 Å². The summed E-state index contributed by atoms with van der Waals surface area (Å²) < 4.78 is 1.11. The second-order valence-corrected chi connectivity index (χ2v) is 5.10. The van der Waals surface area contributed by atoms with E-state index in [9.17, 15) is 0 Å². The third kappa shape index (κ3) is 2.28. The van der Waals surface area contributed by atoms with Gasteiger partial charge in [-0.1, -0.05) is 0 Å². The molecule has 0 unspecified atom stereocenters. The molecule has 0 spiro atoms. The third-order valence-electron chi connectivity index (χ3n) is 3.08. The molecule has 3 heteroatoms. The van der Waals surface area contributed by atoms with Gasteiger partial charge in [-0.25, -0.2) is 0 Å². The molecule has 82 valence electrons. The molecule has 1 aliphatic rings. The molecule has 0 aromatic heterocycles. The summed E-state index contributed by atoms with van der Waals surface area (Å²) in [4.78, 5) is 2.47. The van der Waals surface area contributed by atoms with Crippen LogP contribution in [-0.2, 0) is 0 Å². The predicted octanol–water partition coefficient (Wildman–Crippen LogP) is 3.41. The van der Waals surface area contributed by atoms with Gasteiger partial charge in [0, 0.05) is 22.7 Å². The van der Waals surface area contributed by atoms with Crippen molar-refractivity contribution in [3.63, 3.8) is 0 Å². The number of hydrogen-bond acceptors (Lipinski definition) is 2. The molecule has 0 saturated carbocycles. The standard InChI is InChI=1S/C12H17BrN2/c1-9-4-2-3-7-15(9)12-6-5-10(14)8-11(12)13/h5-6,8-9H,2-4,7,14H2,1H3/t9-/m1/s1. The van der Waals surface area contributed by atoms with E-state index < -0.39 is 0 Å². The van der Waals surface area contributed by atoms with E-state index in [0.717, 1.165) is 16.7 Å².